The van der Waals surface area contributed by atoms with E-state index in [1.54, 1.807) is 11.8 Å². The molecule has 0 amide bonds. The summed E-state index contributed by atoms with van der Waals surface area (Å²) in [6.07, 6.45) is 5.92. The van der Waals surface area contributed by atoms with Crippen molar-refractivity contribution >= 4 is 34.1 Å². The van der Waals surface area contributed by atoms with Crippen LogP contribution in [0.25, 0.3) is 0 Å². The summed E-state index contributed by atoms with van der Waals surface area (Å²) >= 11 is 3.12. The molecule has 0 spiro atoms. The molecule has 17 heavy (non-hydrogen) atoms. The summed E-state index contributed by atoms with van der Waals surface area (Å²) in [5.74, 6) is 0.650. The predicted octanol–water partition coefficient (Wildman–Crippen LogP) is 2.34. The number of rotatable bonds is 5. The maximum absolute atomic E-state index is 5.83. The van der Waals surface area contributed by atoms with Crippen LogP contribution in [-0.4, -0.2) is 41.7 Å². The largest absolute Gasteiger partial charge is 0.382 e. The van der Waals surface area contributed by atoms with E-state index in [9.17, 15) is 0 Å². The number of hydrogen-bond donors (Lipinski definition) is 2. The first-order valence-corrected chi connectivity index (χ1v) is 7.79. The molecule has 0 saturated heterocycles. The molecule has 2 rings (SSSR count). The highest BCUT2D eigenvalue weighted by Crippen LogP contribution is 2.39. The Morgan fingerprint density at radius 3 is 2.71 bits per heavy atom. The fourth-order valence-electron chi connectivity index (χ4n) is 2.22. The molecule has 1 fully saturated rings. The number of nitrogens with zero attached hydrogens (tertiary/aromatic N) is 2. The number of nitrogens with two attached hydrogens (primary N) is 1. The summed E-state index contributed by atoms with van der Waals surface area (Å²) < 4.78 is 4.20. The first-order chi connectivity index (χ1) is 8.09. The highest BCUT2D eigenvalue weighted by Gasteiger charge is 2.38. The van der Waals surface area contributed by atoms with E-state index in [-0.39, 0.29) is 0 Å². The zero-order valence-electron chi connectivity index (χ0n) is 10.6. The van der Waals surface area contributed by atoms with Crippen LogP contribution in [0.2, 0.25) is 0 Å². The second-order valence-electron chi connectivity index (χ2n) is 4.76. The maximum Gasteiger partial charge on any atom is 0.153 e. The Hall–Kier alpha value is -0.460. The molecule has 1 aromatic heterocycles. The molecule has 1 heterocycles. The van der Waals surface area contributed by atoms with Gasteiger partial charge in [0, 0.05) is 12.1 Å². The maximum atomic E-state index is 5.83. The van der Waals surface area contributed by atoms with E-state index >= 15 is 0 Å². The molecular weight excluding hydrogens is 252 g/mol. The van der Waals surface area contributed by atoms with Gasteiger partial charge in [-0.25, -0.2) is 0 Å². The number of hydrogen-bond acceptors (Lipinski definition) is 6. The monoisotopic (exact) mass is 272 g/mol. The molecule has 1 aliphatic rings. The van der Waals surface area contributed by atoms with Gasteiger partial charge in [0.15, 0.2) is 5.82 Å². The quantitative estimate of drug-likeness (QED) is 0.806. The van der Waals surface area contributed by atoms with Gasteiger partial charge in [-0.05, 0) is 51.1 Å². The molecule has 3 N–H and O–H groups in total. The van der Waals surface area contributed by atoms with Crippen LogP contribution in [0.3, 0.4) is 0 Å². The van der Waals surface area contributed by atoms with Gasteiger partial charge < -0.3 is 16.0 Å². The summed E-state index contributed by atoms with van der Waals surface area (Å²) in [5.41, 5.74) is 6.15. The minimum atomic E-state index is 0.328. The first kappa shape index (κ1) is 13.0. The average molecular weight is 272 g/mol. The number of likely N-dealkylation sites (N-methyl/N-ethyl adjacent to an activating group) is 1. The molecule has 4 nitrogen and oxygen atoms in total. The third kappa shape index (κ3) is 2.39. The number of anilines is 2. The average Bonchev–Trinajstić information content (AvgIpc) is 2.57. The van der Waals surface area contributed by atoms with Crippen molar-refractivity contribution in [2.75, 3.05) is 37.9 Å². The van der Waals surface area contributed by atoms with Crippen molar-refractivity contribution in [2.24, 2.45) is 0 Å². The van der Waals surface area contributed by atoms with Crippen LogP contribution in [0.1, 0.15) is 19.3 Å². The van der Waals surface area contributed by atoms with Gasteiger partial charge in [0.25, 0.3) is 0 Å². The zero-order valence-corrected chi connectivity index (χ0v) is 12.2. The van der Waals surface area contributed by atoms with Crippen LogP contribution < -0.4 is 11.1 Å². The molecule has 6 heteroatoms. The topological polar surface area (TPSA) is 54.2 Å². The fourth-order valence-corrected chi connectivity index (χ4v) is 3.75. The molecule has 96 valence electrons. The van der Waals surface area contributed by atoms with Crippen molar-refractivity contribution < 1.29 is 0 Å². The SMILES string of the molecule is CSc1c(N)nsc1NCC1(N(C)C)CCC1. The number of nitrogen functional groups attached to an aromatic ring is 1. The molecule has 0 radical (unpaired) electrons. The Kier molecular flexibility index (Phi) is 3.85. The van der Waals surface area contributed by atoms with Crippen LogP contribution in [-0.2, 0) is 0 Å². The second-order valence-corrected chi connectivity index (χ2v) is 6.35. The minimum absolute atomic E-state index is 0.328. The van der Waals surface area contributed by atoms with Gasteiger partial charge >= 0.3 is 0 Å². The Balaban J connectivity index is 2.02. The predicted molar refractivity (Wildman–Crippen MR) is 77.1 cm³/mol. The van der Waals surface area contributed by atoms with Crippen LogP contribution in [0.15, 0.2) is 4.90 Å². The number of aromatic nitrogens is 1. The lowest BCUT2D eigenvalue weighted by molar-refractivity contribution is 0.0739. The molecule has 0 unspecified atom stereocenters. The van der Waals surface area contributed by atoms with E-state index in [1.807, 2.05) is 6.26 Å². The van der Waals surface area contributed by atoms with Crippen molar-refractivity contribution in [2.45, 2.75) is 29.7 Å². The smallest absolute Gasteiger partial charge is 0.153 e. The van der Waals surface area contributed by atoms with Gasteiger partial charge in [0.05, 0.1) is 4.90 Å². The molecule has 0 bridgehead atoms. The highest BCUT2D eigenvalue weighted by atomic mass is 32.2. The van der Waals surface area contributed by atoms with E-state index in [0.29, 0.717) is 11.4 Å². The van der Waals surface area contributed by atoms with Gasteiger partial charge in [-0.15, -0.1) is 11.8 Å². The third-order valence-electron chi connectivity index (χ3n) is 3.69. The van der Waals surface area contributed by atoms with E-state index in [0.717, 1.165) is 16.4 Å². The van der Waals surface area contributed by atoms with Crippen LogP contribution >= 0.6 is 23.3 Å². The Morgan fingerprint density at radius 2 is 2.24 bits per heavy atom. The lowest BCUT2D eigenvalue weighted by Crippen LogP contribution is -2.54. The summed E-state index contributed by atoms with van der Waals surface area (Å²) in [4.78, 5) is 3.43. The van der Waals surface area contributed by atoms with Gasteiger partial charge in [-0.3, -0.25) is 0 Å². The number of nitrogens with one attached hydrogen (secondary N) is 1. The Morgan fingerprint density at radius 1 is 1.53 bits per heavy atom. The summed E-state index contributed by atoms with van der Waals surface area (Å²) in [5, 5.41) is 4.64. The highest BCUT2D eigenvalue weighted by molar-refractivity contribution is 7.99. The molecule has 1 aliphatic carbocycles. The second kappa shape index (κ2) is 5.04. The normalized spacial score (nSPS) is 18.1. The van der Waals surface area contributed by atoms with E-state index in [2.05, 4.69) is 28.7 Å². The standard InChI is InChI=1S/C11H20N4S2/c1-15(2)11(5-4-6-11)7-13-10-8(16-3)9(12)14-17-10/h13H,4-7H2,1-3H3,(H2,12,14). The third-order valence-corrected chi connectivity index (χ3v) is 5.46. The van der Waals surface area contributed by atoms with Crippen molar-refractivity contribution in [1.29, 1.82) is 0 Å². The molecule has 0 aliphatic heterocycles. The summed E-state index contributed by atoms with van der Waals surface area (Å²) in [7, 11) is 4.33. The first-order valence-electron chi connectivity index (χ1n) is 5.79. The minimum Gasteiger partial charge on any atom is -0.382 e. The molecule has 0 atom stereocenters. The molecule has 1 saturated carbocycles. The summed E-state index contributed by atoms with van der Waals surface area (Å²) in [6.45, 7) is 0.981. The van der Waals surface area contributed by atoms with Crippen molar-refractivity contribution in [3.05, 3.63) is 0 Å². The van der Waals surface area contributed by atoms with Crippen molar-refractivity contribution in [3.8, 4) is 0 Å². The van der Waals surface area contributed by atoms with Crippen molar-refractivity contribution in [1.82, 2.24) is 9.27 Å². The lowest BCUT2D eigenvalue weighted by Gasteiger charge is -2.47. The molecule has 1 aromatic rings. The zero-order chi connectivity index (χ0) is 12.5. The van der Waals surface area contributed by atoms with Crippen LogP contribution in [0, 0.1) is 0 Å². The fraction of sp³-hybridized carbons (Fsp3) is 0.727. The van der Waals surface area contributed by atoms with E-state index in [4.69, 9.17) is 5.73 Å². The van der Waals surface area contributed by atoms with Gasteiger partial charge in [0.2, 0.25) is 0 Å². The van der Waals surface area contributed by atoms with Crippen LogP contribution in [0.5, 0.6) is 0 Å². The summed E-state index contributed by atoms with van der Waals surface area (Å²) in [6, 6.07) is 0. The van der Waals surface area contributed by atoms with Gasteiger partial charge in [-0.1, -0.05) is 0 Å². The lowest BCUT2D eigenvalue weighted by atomic mass is 9.75. The van der Waals surface area contributed by atoms with Gasteiger partial charge in [-0.2, -0.15) is 4.37 Å². The van der Waals surface area contributed by atoms with Gasteiger partial charge in [0.1, 0.15) is 5.00 Å². The Bertz CT molecular complexity index is 385. The number of thioether (sulfide) groups is 1. The van der Waals surface area contributed by atoms with Crippen molar-refractivity contribution in [3.63, 3.8) is 0 Å². The molecule has 0 aromatic carbocycles. The molecular formula is C11H20N4S2. The van der Waals surface area contributed by atoms with E-state index in [1.165, 1.54) is 30.8 Å². The Labute approximate surface area is 111 Å². The van der Waals surface area contributed by atoms with Crippen LogP contribution in [0.4, 0.5) is 10.8 Å². The van der Waals surface area contributed by atoms with E-state index < -0.39 is 0 Å².